The molecule has 0 aliphatic rings. The third-order valence-electron chi connectivity index (χ3n) is 3.68. The highest BCUT2D eigenvalue weighted by Crippen LogP contribution is 2.26. The lowest BCUT2D eigenvalue weighted by Gasteiger charge is -2.22. The Hall–Kier alpha value is -2.55. The van der Waals surface area contributed by atoms with Crippen LogP contribution < -0.4 is 4.74 Å². The Bertz CT molecular complexity index is 739. The molecule has 2 aromatic rings. The molecule has 0 heterocycles. The summed E-state index contributed by atoms with van der Waals surface area (Å²) < 4.78 is 6.07. The fourth-order valence-electron chi connectivity index (χ4n) is 2.39. The average Bonchev–Trinajstić information content (AvgIpc) is 2.59. The van der Waals surface area contributed by atoms with E-state index in [1.807, 2.05) is 12.1 Å². The second kappa shape index (κ2) is 9.07. The lowest BCUT2D eigenvalue weighted by atomic mass is 10.1. The number of carboxylic acid groups (broad SMARTS) is 1. The Kier molecular flexibility index (Phi) is 6.81. The first-order valence-corrected chi connectivity index (χ1v) is 8.18. The number of rotatable bonds is 8. The average molecular weight is 359 g/mol. The van der Waals surface area contributed by atoms with Crippen molar-refractivity contribution in [1.29, 1.82) is 5.26 Å². The standard InChI is InChI=1S/C19H19ClN2O3/c1-22(13-19(23)24)11-10-18(15-4-6-16(20)7-5-15)25-17-8-2-14(12-21)3-9-17/h2-9,18H,10-11,13H2,1H3,(H,23,24). The summed E-state index contributed by atoms with van der Waals surface area (Å²) in [5, 5.41) is 18.4. The van der Waals surface area contributed by atoms with E-state index in [-0.39, 0.29) is 12.6 Å². The maximum Gasteiger partial charge on any atom is 0.317 e. The molecule has 0 bridgehead atoms. The van der Waals surface area contributed by atoms with Crippen LogP contribution in [0.3, 0.4) is 0 Å². The molecule has 0 aliphatic heterocycles. The van der Waals surface area contributed by atoms with Gasteiger partial charge in [0.1, 0.15) is 11.9 Å². The first-order chi connectivity index (χ1) is 12.0. The fraction of sp³-hybridized carbons (Fsp3) is 0.263. The molecule has 1 N–H and O–H groups in total. The van der Waals surface area contributed by atoms with Gasteiger partial charge < -0.3 is 9.84 Å². The van der Waals surface area contributed by atoms with Crippen LogP contribution in [0.25, 0.3) is 0 Å². The summed E-state index contributed by atoms with van der Waals surface area (Å²) in [4.78, 5) is 12.5. The van der Waals surface area contributed by atoms with Crippen molar-refractivity contribution >= 4 is 17.6 Å². The van der Waals surface area contributed by atoms with Crippen LogP contribution in [0.4, 0.5) is 0 Å². The topological polar surface area (TPSA) is 73.6 Å². The molecule has 1 atom stereocenters. The molecule has 5 nitrogen and oxygen atoms in total. The second-order valence-corrected chi connectivity index (χ2v) is 6.15. The van der Waals surface area contributed by atoms with Gasteiger partial charge in [-0.25, -0.2) is 0 Å². The van der Waals surface area contributed by atoms with Crippen LogP contribution in [0, 0.1) is 11.3 Å². The predicted octanol–water partition coefficient (Wildman–Crippen LogP) is 3.74. The van der Waals surface area contributed by atoms with Crippen LogP contribution in [-0.4, -0.2) is 36.1 Å². The van der Waals surface area contributed by atoms with E-state index in [1.54, 1.807) is 48.3 Å². The molecule has 6 heteroatoms. The lowest BCUT2D eigenvalue weighted by Crippen LogP contribution is -2.28. The first kappa shape index (κ1) is 18.8. The van der Waals surface area contributed by atoms with Gasteiger partial charge in [-0.1, -0.05) is 23.7 Å². The van der Waals surface area contributed by atoms with E-state index in [2.05, 4.69) is 6.07 Å². The van der Waals surface area contributed by atoms with Crippen LogP contribution in [-0.2, 0) is 4.79 Å². The molecule has 0 fully saturated rings. The summed E-state index contributed by atoms with van der Waals surface area (Å²) in [7, 11) is 1.76. The summed E-state index contributed by atoms with van der Waals surface area (Å²) in [5.74, 6) is -0.210. The number of hydrogen-bond acceptors (Lipinski definition) is 4. The summed E-state index contributed by atoms with van der Waals surface area (Å²) >= 11 is 5.95. The van der Waals surface area contributed by atoms with E-state index in [9.17, 15) is 4.79 Å². The molecule has 130 valence electrons. The third-order valence-corrected chi connectivity index (χ3v) is 3.93. The maximum atomic E-state index is 10.8. The molecular weight excluding hydrogens is 340 g/mol. The minimum absolute atomic E-state index is 0.0236. The zero-order chi connectivity index (χ0) is 18.2. The van der Waals surface area contributed by atoms with Crippen LogP contribution >= 0.6 is 11.6 Å². The van der Waals surface area contributed by atoms with E-state index < -0.39 is 5.97 Å². The number of halogens is 1. The van der Waals surface area contributed by atoms with Gasteiger partial charge in [-0.05, 0) is 49.0 Å². The number of ether oxygens (including phenoxy) is 1. The number of benzene rings is 2. The number of nitriles is 1. The van der Waals surface area contributed by atoms with Crippen molar-refractivity contribution in [1.82, 2.24) is 4.90 Å². The Morgan fingerprint density at radius 2 is 1.88 bits per heavy atom. The SMILES string of the molecule is CN(CCC(Oc1ccc(C#N)cc1)c1ccc(Cl)cc1)CC(=O)O. The van der Waals surface area contributed by atoms with Gasteiger partial charge in [-0.15, -0.1) is 0 Å². The van der Waals surface area contributed by atoms with Gasteiger partial charge in [0, 0.05) is 18.0 Å². The zero-order valence-corrected chi connectivity index (χ0v) is 14.6. The van der Waals surface area contributed by atoms with Gasteiger partial charge in [-0.3, -0.25) is 9.69 Å². The number of likely N-dealkylation sites (N-methyl/N-ethyl adjacent to an activating group) is 1. The van der Waals surface area contributed by atoms with Crippen LogP contribution in [0.2, 0.25) is 5.02 Å². The largest absolute Gasteiger partial charge is 0.486 e. The Morgan fingerprint density at radius 3 is 2.44 bits per heavy atom. The minimum atomic E-state index is -0.862. The normalized spacial score (nSPS) is 11.8. The molecule has 25 heavy (non-hydrogen) atoms. The molecule has 0 saturated heterocycles. The summed E-state index contributed by atoms with van der Waals surface area (Å²) in [6.45, 7) is 0.542. The van der Waals surface area contributed by atoms with Crippen molar-refractivity contribution in [3.05, 3.63) is 64.7 Å². The van der Waals surface area contributed by atoms with Crippen molar-refractivity contribution in [2.75, 3.05) is 20.1 Å². The molecule has 0 amide bonds. The van der Waals surface area contributed by atoms with E-state index in [0.717, 1.165) is 5.56 Å². The lowest BCUT2D eigenvalue weighted by molar-refractivity contribution is -0.138. The highest BCUT2D eigenvalue weighted by Gasteiger charge is 2.16. The van der Waals surface area contributed by atoms with Crippen molar-refractivity contribution in [3.8, 4) is 11.8 Å². The van der Waals surface area contributed by atoms with Gasteiger partial charge >= 0.3 is 5.97 Å². The first-order valence-electron chi connectivity index (χ1n) is 7.80. The van der Waals surface area contributed by atoms with Crippen LogP contribution in [0.15, 0.2) is 48.5 Å². The van der Waals surface area contributed by atoms with Gasteiger partial charge in [0.15, 0.2) is 0 Å². The van der Waals surface area contributed by atoms with Gasteiger partial charge in [0.25, 0.3) is 0 Å². The van der Waals surface area contributed by atoms with Gasteiger partial charge in [0.05, 0.1) is 18.2 Å². The van der Waals surface area contributed by atoms with Gasteiger partial charge in [0.2, 0.25) is 0 Å². The summed E-state index contributed by atoms with van der Waals surface area (Å²) in [6, 6.07) is 16.4. The number of carbonyl (C=O) groups is 1. The van der Waals surface area contributed by atoms with Crippen molar-refractivity contribution in [2.45, 2.75) is 12.5 Å². The molecule has 2 rings (SSSR count). The molecule has 1 unspecified atom stereocenters. The molecule has 0 saturated carbocycles. The number of carboxylic acids is 1. The monoisotopic (exact) mass is 358 g/mol. The van der Waals surface area contributed by atoms with E-state index in [4.69, 9.17) is 26.7 Å². The van der Waals surface area contributed by atoms with Crippen molar-refractivity contribution in [2.24, 2.45) is 0 Å². The number of hydrogen-bond donors (Lipinski definition) is 1. The fourth-order valence-corrected chi connectivity index (χ4v) is 2.52. The number of aliphatic carboxylic acids is 1. The number of nitrogens with zero attached hydrogens (tertiary/aromatic N) is 2. The molecular formula is C19H19ClN2O3. The quantitative estimate of drug-likeness (QED) is 0.778. The van der Waals surface area contributed by atoms with Crippen molar-refractivity contribution in [3.63, 3.8) is 0 Å². The minimum Gasteiger partial charge on any atom is -0.486 e. The molecule has 0 spiro atoms. The predicted molar refractivity (Wildman–Crippen MR) is 95.7 cm³/mol. The molecule has 0 aromatic heterocycles. The Morgan fingerprint density at radius 1 is 1.24 bits per heavy atom. The van der Waals surface area contributed by atoms with Crippen LogP contribution in [0.5, 0.6) is 5.75 Å². The molecule has 0 radical (unpaired) electrons. The highest BCUT2D eigenvalue weighted by molar-refractivity contribution is 6.30. The third kappa shape index (κ3) is 6.11. The van der Waals surface area contributed by atoms with E-state index >= 15 is 0 Å². The summed E-state index contributed by atoms with van der Waals surface area (Å²) in [5.41, 5.74) is 1.52. The molecule has 2 aromatic carbocycles. The van der Waals surface area contributed by atoms with Crippen molar-refractivity contribution < 1.29 is 14.6 Å². The van der Waals surface area contributed by atoms with Gasteiger partial charge in [-0.2, -0.15) is 5.26 Å². The van der Waals surface area contributed by atoms with E-state index in [0.29, 0.717) is 29.3 Å². The smallest absolute Gasteiger partial charge is 0.317 e. The molecule has 0 aliphatic carbocycles. The zero-order valence-electron chi connectivity index (χ0n) is 13.9. The highest BCUT2D eigenvalue weighted by atomic mass is 35.5. The second-order valence-electron chi connectivity index (χ2n) is 5.71. The Balaban J connectivity index is 2.11. The Labute approximate surface area is 152 Å². The van der Waals surface area contributed by atoms with E-state index in [1.165, 1.54) is 0 Å². The maximum absolute atomic E-state index is 10.8. The summed E-state index contributed by atoms with van der Waals surface area (Å²) in [6.07, 6.45) is 0.368. The van der Waals surface area contributed by atoms with Crippen LogP contribution in [0.1, 0.15) is 23.7 Å².